The molecule has 118 valence electrons. The Balaban J connectivity index is 1.62. The summed E-state index contributed by atoms with van der Waals surface area (Å²) < 4.78 is 2.25. The SMILES string of the molecule is C[C@@H]1c2cccn2CCN1CC(=O)NC1(C#N)CCCCC1. The van der Waals surface area contributed by atoms with E-state index in [9.17, 15) is 10.1 Å². The third kappa shape index (κ3) is 2.89. The fraction of sp³-hybridized carbons (Fsp3) is 0.647. The highest BCUT2D eigenvalue weighted by Crippen LogP contribution is 2.28. The van der Waals surface area contributed by atoms with Crippen molar-refractivity contribution < 1.29 is 4.79 Å². The first-order chi connectivity index (χ1) is 10.6. The Morgan fingerprint density at radius 1 is 1.41 bits per heavy atom. The zero-order valence-electron chi connectivity index (χ0n) is 13.2. The predicted molar refractivity (Wildman–Crippen MR) is 84.0 cm³/mol. The highest BCUT2D eigenvalue weighted by Gasteiger charge is 2.34. The molecule has 1 aliphatic carbocycles. The van der Waals surface area contributed by atoms with Crippen molar-refractivity contribution in [1.82, 2.24) is 14.8 Å². The average molecular weight is 300 g/mol. The van der Waals surface area contributed by atoms with E-state index in [-0.39, 0.29) is 11.9 Å². The van der Waals surface area contributed by atoms with E-state index in [1.54, 1.807) is 0 Å². The quantitative estimate of drug-likeness (QED) is 0.931. The Morgan fingerprint density at radius 3 is 2.91 bits per heavy atom. The van der Waals surface area contributed by atoms with E-state index >= 15 is 0 Å². The number of carbonyl (C=O) groups is 1. The molecule has 1 fully saturated rings. The van der Waals surface area contributed by atoms with Crippen LogP contribution in [0.5, 0.6) is 0 Å². The fourth-order valence-electron chi connectivity index (χ4n) is 3.75. The number of aromatic nitrogens is 1. The van der Waals surface area contributed by atoms with Crippen LogP contribution < -0.4 is 5.32 Å². The summed E-state index contributed by atoms with van der Waals surface area (Å²) in [5, 5.41) is 12.5. The van der Waals surface area contributed by atoms with Crippen LogP contribution >= 0.6 is 0 Å². The van der Waals surface area contributed by atoms with Crippen LogP contribution in [0, 0.1) is 11.3 Å². The molecule has 1 atom stereocenters. The molecule has 1 amide bonds. The van der Waals surface area contributed by atoms with Gasteiger partial charge in [0.2, 0.25) is 5.91 Å². The molecular weight excluding hydrogens is 276 g/mol. The van der Waals surface area contributed by atoms with Crippen molar-refractivity contribution >= 4 is 5.91 Å². The molecule has 22 heavy (non-hydrogen) atoms. The number of nitrogens with one attached hydrogen (secondary N) is 1. The zero-order valence-corrected chi connectivity index (χ0v) is 13.2. The van der Waals surface area contributed by atoms with Gasteiger partial charge in [0.1, 0.15) is 5.54 Å². The lowest BCUT2D eigenvalue weighted by Crippen LogP contribution is -2.52. The smallest absolute Gasteiger partial charge is 0.235 e. The highest BCUT2D eigenvalue weighted by atomic mass is 16.2. The van der Waals surface area contributed by atoms with Gasteiger partial charge in [-0.1, -0.05) is 19.3 Å². The van der Waals surface area contributed by atoms with Crippen molar-refractivity contribution in [1.29, 1.82) is 5.26 Å². The van der Waals surface area contributed by atoms with E-state index in [1.807, 2.05) is 0 Å². The third-order valence-corrected chi connectivity index (χ3v) is 5.12. The summed E-state index contributed by atoms with van der Waals surface area (Å²) in [6, 6.07) is 6.76. The van der Waals surface area contributed by atoms with E-state index in [4.69, 9.17) is 0 Å². The fourth-order valence-corrected chi connectivity index (χ4v) is 3.75. The van der Waals surface area contributed by atoms with Crippen molar-refractivity contribution in [2.45, 2.75) is 57.2 Å². The van der Waals surface area contributed by atoms with E-state index < -0.39 is 5.54 Å². The normalized spacial score (nSPS) is 24.3. The molecule has 0 saturated heterocycles. The van der Waals surface area contributed by atoms with Gasteiger partial charge < -0.3 is 9.88 Å². The molecular formula is C17H24N4O. The van der Waals surface area contributed by atoms with Crippen LogP contribution in [0.1, 0.15) is 50.8 Å². The lowest BCUT2D eigenvalue weighted by atomic mass is 9.83. The van der Waals surface area contributed by atoms with Crippen LogP contribution in [0.15, 0.2) is 18.3 Å². The maximum atomic E-state index is 12.4. The maximum Gasteiger partial charge on any atom is 0.235 e. The molecule has 5 heteroatoms. The zero-order chi connectivity index (χ0) is 15.6. The Kier molecular flexibility index (Phi) is 4.21. The van der Waals surface area contributed by atoms with Gasteiger partial charge in [-0.05, 0) is 31.9 Å². The number of hydrogen-bond acceptors (Lipinski definition) is 3. The molecule has 0 radical (unpaired) electrons. The van der Waals surface area contributed by atoms with E-state index in [2.05, 4.69) is 46.1 Å². The van der Waals surface area contributed by atoms with Gasteiger partial charge in [0, 0.05) is 31.0 Å². The molecule has 1 aromatic rings. The average Bonchev–Trinajstić information content (AvgIpc) is 3.00. The Labute approximate surface area is 131 Å². The third-order valence-electron chi connectivity index (χ3n) is 5.12. The molecule has 0 aromatic carbocycles. The summed E-state index contributed by atoms with van der Waals surface area (Å²) in [5.74, 6) is -0.0182. The largest absolute Gasteiger partial charge is 0.349 e. The van der Waals surface area contributed by atoms with Crippen LogP contribution in [-0.2, 0) is 11.3 Å². The molecule has 3 rings (SSSR count). The number of carbonyl (C=O) groups excluding carboxylic acids is 1. The van der Waals surface area contributed by atoms with Crippen molar-refractivity contribution in [2.24, 2.45) is 0 Å². The molecule has 1 N–H and O–H groups in total. The van der Waals surface area contributed by atoms with Gasteiger partial charge >= 0.3 is 0 Å². The van der Waals surface area contributed by atoms with Gasteiger partial charge in [-0.3, -0.25) is 9.69 Å². The first-order valence-corrected chi connectivity index (χ1v) is 8.25. The number of hydrogen-bond donors (Lipinski definition) is 1. The van der Waals surface area contributed by atoms with Crippen molar-refractivity contribution in [3.63, 3.8) is 0 Å². The number of nitriles is 1. The summed E-state index contributed by atoms with van der Waals surface area (Å²) in [5.41, 5.74) is 0.626. The van der Waals surface area contributed by atoms with Crippen LogP contribution in [0.25, 0.3) is 0 Å². The minimum Gasteiger partial charge on any atom is -0.349 e. The number of rotatable bonds is 3. The predicted octanol–water partition coefficient (Wildman–Crippen LogP) is 2.21. The summed E-state index contributed by atoms with van der Waals surface area (Å²) >= 11 is 0. The second kappa shape index (κ2) is 6.13. The highest BCUT2D eigenvalue weighted by molar-refractivity contribution is 5.79. The molecule has 0 spiro atoms. The second-order valence-corrected chi connectivity index (χ2v) is 6.58. The van der Waals surface area contributed by atoms with Crippen molar-refractivity contribution in [3.05, 3.63) is 24.0 Å². The van der Waals surface area contributed by atoms with Gasteiger partial charge in [0.05, 0.1) is 12.6 Å². The summed E-state index contributed by atoms with van der Waals surface area (Å²) in [7, 11) is 0. The molecule has 5 nitrogen and oxygen atoms in total. The molecule has 1 aliphatic heterocycles. The minimum atomic E-state index is -0.630. The monoisotopic (exact) mass is 300 g/mol. The first kappa shape index (κ1) is 15.1. The van der Waals surface area contributed by atoms with Gasteiger partial charge in [0.25, 0.3) is 0 Å². The Morgan fingerprint density at radius 2 is 2.18 bits per heavy atom. The standard InChI is InChI=1S/C17H24N4O/c1-14-15-6-5-9-20(15)10-11-21(14)12-16(22)19-17(13-18)7-3-2-4-8-17/h5-6,9,14H,2-4,7-8,10-12H2,1H3,(H,19,22)/t14-/m1/s1. The maximum absolute atomic E-state index is 12.4. The van der Waals surface area contributed by atoms with Gasteiger partial charge in [-0.25, -0.2) is 0 Å². The van der Waals surface area contributed by atoms with Gasteiger partial charge in [0.15, 0.2) is 0 Å². The molecule has 0 bridgehead atoms. The van der Waals surface area contributed by atoms with E-state index in [1.165, 1.54) is 12.1 Å². The first-order valence-electron chi connectivity index (χ1n) is 8.25. The molecule has 1 aromatic heterocycles. The topological polar surface area (TPSA) is 61.1 Å². The lowest BCUT2D eigenvalue weighted by molar-refractivity contribution is -0.124. The van der Waals surface area contributed by atoms with E-state index in [0.29, 0.717) is 6.54 Å². The number of amides is 1. The van der Waals surface area contributed by atoms with Crippen LogP contribution in [0.2, 0.25) is 0 Å². The summed E-state index contributed by atoms with van der Waals surface area (Å²) in [6.45, 7) is 4.30. The number of nitrogens with zero attached hydrogens (tertiary/aromatic N) is 3. The molecule has 0 unspecified atom stereocenters. The molecule has 1 saturated carbocycles. The Bertz CT molecular complexity index is 580. The second-order valence-electron chi connectivity index (χ2n) is 6.58. The van der Waals surface area contributed by atoms with Crippen LogP contribution in [-0.4, -0.2) is 34.0 Å². The van der Waals surface area contributed by atoms with Crippen molar-refractivity contribution in [3.8, 4) is 6.07 Å². The van der Waals surface area contributed by atoms with Crippen molar-refractivity contribution in [2.75, 3.05) is 13.1 Å². The molecule has 2 heterocycles. The molecule has 2 aliphatic rings. The minimum absolute atomic E-state index is 0.0182. The number of fused-ring (bicyclic) bond motifs is 1. The Hall–Kier alpha value is -1.80. The van der Waals surface area contributed by atoms with Gasteiger partial charge in [-0.2, -0.15) is 5.26 Å². The van der Waals surface area contributed by atoms with Crippen LogP contribution in [0.4, 0.5) is 0 Å². The van der Waals surface area contributed by atoms with Crippen LogP contribution in [0.3, 0.4) is 0 Å². The summed E-state index contributed by atoms with van der Waals surface area (Å²) in [6.07, 6.45) is 6.89. The van der Waals surface area contributed by atoms with Gasteiger partial charge in [-0.15, -0.1) is 0 Å². The lowest BCUT2D eigenvalue weighted by Gasteiger charge is -2.36. The summed E-state index contributed by atoms with van der Waals surface area (Å²) in [4.78, 5) is 14.6. The van der Waals surface area contributed by atoms with E-state index in [0.717, 1.165) is 38.8 Å².